The average Bonchev–Trinajstić information content (AvgIpc) is 2.85. The number of halogens is 1. The smallest absolute Gasteiger partial charge is 0.255 e. The number of carbonyl (C=O) groups excluding carboxylic acids is 2. The number of aromatic nitrogens is 1. The van der Waals surface area contributed by atoms with Crippen LogP contribution in [0.15, 0.2) is 41.4 Å². The van der Waals surface area contributed by atoms with Gasteiger partial charge in [0.1, 0.15) is 5.78 Å². The highest BCUT2D eigenvalue weighted by molar-refractivity contribution is 7.90. The van der Waals surface area contributed by atoms with E-state index in [4.69, 9.17) is 11.6 Å². The number of rotatable bonds is 8. The number of nitrogens with zero attached hydrogens (tertiary/aromatic N) is 2. The summed E-state index contributed by atoms with van der Waals surface area (Å²) < 4.78 is 24.3. The van der Waals surface area contributed by atoms with Gasteiger partial charge in [-0.1, -0.05) is 37.4 Å². The van der Waals surface area contributed by atoms with Gasteiger partial charge >= 0.3 is 0 Å². The molecule has 1 aromatic heterocycles. The van der Waals surface area contributed by atoms with E-state index in [9.17, 15) is 18.0 Å². The van der Waals surface area contributed by atoms with E-state index in [0.717, 1.165) is 25.0 Å². The molecule has 200 valence electrons. The van der Waals surface area contributed by atoms with Crippen molar-refractivity contribution in [2.75, 3.05) is 29.6 Å². The normalized spacial score (nSPS) is 21.0. The number of hydrogen-bond donors (Lipinski definition) is 1. The second kappa shape index (κ2) is 11.9. The van der Waals surface area contributed by atoms with Crippen molar-refractivity contribution < 1.29 is 18.0 Å². The third kappa shape index (κ3) is 7.54. The number of Topliss-reactive ketones (excluding diaryl/α,β-unsaturated/α-hetero) is 1. The molecule has 1 aromatic carbocycles. The Morgan fingerprint density at radius 3 is 2.30 bits per heavy atom. The molecule has 0 bridgehead atoms. The van der Waals surface area contributed by atoms with Gasteiger partial charge in [0, 0.05) is 49.0 Å². The number of ketones is 1. The summed E-state index contributed by atoms with van der Waals surface area (Å²) in [5.41, 5.74) is 0.710. The van der Waals surface area contributed by atoms with Crippen molar-refractivity contribution in [2.45, 2.75) is 63.2 Å². The minimum atomic E-state index is -3.51. The third-order valence-corrected chi connectivity index (χ3v) is 9.00. The van der Waals surface area contributed by atoms with Crippen molar-refractivity contribution in [1.82, 2.24) is 4.98 Å². The molecule has 37 heavy (non-hydrogen) atoms. The molecule has 0 spiro atoms. The SMILES string of the molecule is CC1CCC(CC(=O)CC2CCN(c3ncc(S(C)(=O)=O)cc3NC(=O)c3cccc(Cl)c3)CC2)CC1. The molecule has 1 aliphatic heterocycles. The highest BCUT2D eigenvalue weighted by Crippen LogP contribution is 2.34. The molecule has 2 aromatic rings. The van der Waals surface area contributed by atoms with Crippen LogP contribution in [0.25, 0.3) is 0 Å². The van der Waals surface area contributed by atoms with Gasteiger partial charge in [-0.05, 0) is 67.7 Å². The lowest BCUT2D eigenvalue weighted by Gasteiger charge is -2.34. The number of amides is 1. The topological polar surface area (TPSA) is 96.4 Å². The number of piperidine rings is 1. The Labute approximate surface area is 224 Å². The van der Waals surface area contributed by atoms with E-state index >= 15 is 0 Å². The molecule has 2 heterocycles. The Bertz CT molecular complexity index is 1230. The number of sulfone groups is 1. The summed E-state index contributed by atoms with van der Waals surface area (Å²) >= 11 is 6.04. The fourth-order valence-electron chi connectivity index (χ4n) is 5.42. The largest absolute Gasteiger partial charge is 0.355 e. The summed E-state index contributed by atoms with van der Waals surface area (Å²) in [6.07, 6.45) is 10.3. The monoisotopic (exact) mass is 545 g/mol. The predicted molar refractivity (Wildman–Crippen MR) is 147 cm³/mol. The van der Waals surface area contributed by atoms with Crippen molar-refractivity contribution in [3.05, 3.63) is 47.1 Å². The van der Waals surface area contributed by atoms with Crippen LogP contribution in [-0.2, 0) is 14.6 Å². The zero-order chi connectivity index (χ0) is 26.6. The standard InChI is InChI=1S/C28H36ClN3O4S/c1-19-6-8-20(9-7-19)14-24(33)15-21-10-12-32(13-11-21)27-26(17-25(18-30-27)37(2,35)36)31-28(34)22-4-3-5-23(29)16-22/h3-5,16-21H,6-15H2,1-2H3,(H,31,34). The van der Waals surface area contributed by atoms with Gasteiger partial charge in [-0.3, -0.25) is 9.59 Å². The number of anilines is 2. The Hall–Kier alpha value is -2.45. The predicted octanol–water partition coefficient (Wildman–Crippen LogP) is 5.78. The number of nitrogens with one attached hydrogen (secondary N) is 1. The van der Waals surface area contributed by atoms with Gasteiger partial charge in [0.15, 0.2) is 15.7 Å². The molecule has 0 unspecified atom stereocenters. The fraction of sp³-hybridized carbons (Fsp3) is 0.536. The van der Waals surface area contributed by atoms with Crippen molar-refractivity contribution in [3.8, 4) is 0 Å². The Morgan fingerprint density at radius 2 is 1.68 bits per heavy atom. The van der Waals surface area contributed by atoms with Crippen molar-refractivity contribution in [1.29, 1.82) is 0 Å². The molecular weight excluding hydrogens is 510 g/mol. The molecule has 9 heteroatoms. The Morgan fingerprint density at radius 1 is 1.03 bits per heavy atom. The van der Waals surface area contributed by atoms with Crippen LogP contribution in [-0.4, -0.2) is 44.4 Å². The number of hydrogen-bond acceptors (Lipinski definition) is 6. The summed E-state index contributed by atoms with van der Waals surface area (Å²) in [5.74, 6) is 2.19. The quantitative estimate of drug-likeness (QED) is 0.451. The van der Waals surface area contributed by atoms with Gasteiger partial charge in [0.2, 0.25) is 0 Å². The van der Waals surface area contributed by atoms with Crippen LogP contribution >= 0.6 is 11.6 Å². The molecule has 4 rings (SSSR count). The summed E-state index contributed by atoms with van der Waals surface area (Å²) in [7, 11) is -3.51. The molecule has 2 fully saturated rings. The van der Waals surface area contributed by atoms with E-state index in [1.807, 2.05) is 0 Å². The molecule has 1 N–H and O–H groups in total. The maximum Gasteiger partial charge on any atom is 0.255 e. The molecule has 1 amide bonds. The first-order valence-electron chi connectivity index (χ1n) is 13.1. The minimum Gasteiger partial charge on any atom is -0.355 e. The van der Waals surface area contributed by atoms with Crippen LogP contribution in [0.3, 0.4) is 0 Å². The van der Waals surface area contributed by atoms with E-state index < -0.39 is 15.7 Å². The highest BCUT2D eigenvalue weighted by atomic mass is 35.5. The average molecular weight is 546 g/mol. The Kier molecular flexibility index (Phi) is 8.90. The van der Waals surface area contributed by atoms with Crippen molar-refractivity contribution in [3.63, 3.8) is 0 Å². The Balaban J connectivity index is 1.41. The maximum absolute atomic E-state index is 12.9. The first-order chi connectivity index (χ1) is 17.6. The van der Waals surface area contributed by atoms with E-state index in [0.29, 0.717) is 65.6 Å². The summed E-state index contributed by atoms with van der Waals surface area (Å²) in [6, 6.07) is 8.02. The molecular formula is C28H36ClN3O4S. The van der Waals surface area contributed by atoms with Gasteiger partial charge in [0.25, 0.3) is 5.91 Å². The van der Waals surface area contributed by atoms with Crippen molar-refractivity contribution in [2.24, 2.45) is 17.8 Å². The van der Waals surface area contributed by atoms with Crippen LogP contribution in [0, 0.1) is 17.8 Å². The summed E-state index contributed by atoms with van der Waals surface area (Å²) in [6.45, 7) is 3.66. The summed E-state index contributed by atoms with van der Waals surface area (Å²) in [5, 5.41) is 3.27. The summed E-state index contributed by atoms with van der Waals surface area (Å²) in [4.78, 5) is 32.2. The van der Waals surface area contributed by atoms with E-state index in [1.54, 1.807) is 24.3 Å². The van der Waals surface area contributed by atoms with Crippen molar-refractivity contribution >= 4 is 44.6 Å². The van der Waals surface area contributed by atoms with Crippen LogP contribution in [0.4, 0.5) is 11.5 Å². The first-order valence-corrected chi connectivity index (χ1v) is 15.4. The van der Waals surface area contributed by atoms with Gasteiger partial charge in [-0.25, -0.2) is 13.4 Å². The lowest BCUT2D eigenvalue weighted by Crippen LogP contribution is -2.35. The van der Waals surface area contributed by atoms with Crippen LogP contribution in [0.5, 0.6) is 0 Å². The number of pyridine rings is 1. The second-order valence-corrected chi connectivity index (χ2v) is 13.2. The lowest BCUT2D eigenvalue weighted by molar-refractivity contribution is -0.121. The molecule has 0 radical (unpaired) electrons. The molecule has 1 saturated carbocycles. The number of carbonyl (C=O) groups is 2. The van der Waals surface area contributed by atoms with E-state index in [-0.39, 0.29) is 4.90 Å². The van der Waals surface area contributed by atoms with Crippen LogP contribution in [0.1, 0.15) is 68.6 Å². The van der Waals surface area contributed by atoms with Crippen LogP contribution in [0.2, 0.25) is 5.02 Å². The molecule has 2 aliphatic rings. The molecule has 1 aliphatic carbocycles. The minimum absolute atomic E-state index is 0.0373. The zero-order valence-corrected chi connectivity index (χ0v) is 23.2. The lowest BCUT2D eigenvalue weighted by atomic mass is 9.79. The highest BCUT2D eigenvalue weighted by Gasteiger charge is 2.27. The molecule has 1 saturated heterocycles. The first kappa shape index (κ1) is 27.6. The second-order valence-electron chi connectivity index (χ2n) is 10.8. The van der Waals surface area contributed by atoms with Gasteiger partial charge in [0.05, 0.1) is 10.6 Å². The van der Waals surface area contributed by atoms with E-state index in [1.165, 1.54) is 37.9 Å². The maximum atomic E-state index is 12.9. The fourth-order valence-corrected chi connectivity index (χ4v) is 6.19. The van der Waals surface area contributed by atoms with E-state index in [2.05, 4.69) is 22.1 Å². The number of benzene rings is 1. The van der Waals surface area contributed by atoms with Gasteiger partial charge < -0.3 is 10.2 Å². The zero-order valence-electron chi connectivity index (χ0n) is 21.6. The molecule has 7 nitrogen and oxygen atoms in total. The molecule has 0 atom stereocenters. The van der Waals surface area contributed by atoms with Crippen LogP contribution < -0.4 is 10.2 Å². The third-order valence-electron chi connectivity index (χ3n) is 7.69. The van der Waals surface area contributed by atoms with Gasteiger partial charge in [-0.15, -0.1) is 0 Å². The van der Waals surface area contributed by atoms with Gasteiger partial charge in [-0.2, -0.15) is 0 Å².